The highest BCUT2D eigenvalue weighted by Crippen LogP contribution is 2.23. The van der Waals surface area contributed by atoms with Crippen molar-refractivity contribution >= 4 is 52.2 Å². The van der Waals surface area contributed by atoms with Crippen molar-refractivity contribution in [2.24, 2.45) is 16.6 Å². The Balaban J connectivity index is 0.000000297. The van der Waals surface area contributed by atoms with E-state index in [2.05, 4.69) is 88.1 Å². The molecule has 2 aromatic carbocycles. The number of anilines is 5. The van der Waals surface area contributed by atoms with Gasteiger partial charge < -0.3 is 32.3 Å². The maximum atomic E-state index is 11.8. The van der Waals surface area contributed by atoms with E-state index < -0.39 is 0 Å². The molecule has 4 rings (SSSR count). The van der Waals surface area contributed by atoms with Gasteiger partial charge in [-0.25, -0.2) is 19.9 Å². The minimum atomic E-state index is -0.135. The van der Waals surface area contributed by atoms with Crippen LogP contribution in [0.1, 0.15) is 73.4 Å². The van der Waals surface area contributed by atoms with Crippen LogP contribution in [0, 0.1) is 24.7 Å². The van der Waals surface area contributed by atoms with Crippen molar-refractivity contribution in [2.75, 3.05) is 43.1 Å². The fourth-order valence-corrected chi connectivity index (χ4v) is 3.79. The number of nitrogens with one attached hydrogen (secondary N) is 5. The summed E-state index contributed by atoms with van der Waals surface area (Å²) in [4.78, 5) is 39.8. The molecule has 2 heterocycles. The molecule has 0 aliphatic rings. The Kier molecular flexibility index (Phi) is 15.4. The number of aryl methyl sites for hydroxylation is 2. The Labute approximate surface area is 295 Å². The average molecular weight is 691 g/mol. The van der Waals surface area contributed by atoms with Gasteiger partial charge in [0.05, 0.1) is 0 Å². The van der Waals surface area contributed by atoms with Gasteiger partial charge in [-0.05, 0) is 66.6 Å². The van der Waals surface area contributed by atoms with Gasteiger partial charge in [0.1, 0.15) is 35.3 Å². The number of nitrogens with two attached hydrogens (primary N) is 1. The normalized spacial score (nSPS) is 10.8. The van der Waals surface area contributed by atoms with Crippen molar-refractivity contribution in [2.45, 2.75) is 55.4 Å². The molecular formula is C36H51ClN10O2. The number of nitrogens with zero attached hydrogens (tertiary/aromatic N) is 4. The van der Waals surface area contributed by atoms with Crippen molar-refractivity contribution in [1.29, 1.82) is 0 Å². The topological polar surface area (TPSA) is 172 Å². The Bertz CT molecular complexity index is 1680. The lowest BCUT2D eigenvalue weighted by Gasteiger charge is -2.19. The summed E-state index contributed by atoms with van der Waals surface area (Å²) in [5, 5.41) is 15.3. The predicted octanol–water partition coefficient (Wildman–Crippen LogP) is 6.88. The first-order chi connectivity index (χ1) is 22.9. The number of amides is 2. The van der Waals surface area contributed by atoms with Crippen LogP contribution in [0.4, 0.5) is 28.8 Å². The summed E-state index contributed by atoms with van der Waals surface area (Å²) in [6.45, 7) is 18.3. The molecule has 49 heavy (non-hydrogen) atoms. The SMILES string of the molecule is CC(C)(C)CN.CNC(=O)c1ccc(C)c(Nc2cc(Cl)ncn2)c1.CNC(=O)c1ccc(C)c(Nc2cc(NCC(C)(C)C)ncn2)c1. The molecular weight excluding hydrogens is 640 g/mol. The molecule has 0 atom stereocenters. The molecule has 264 valence electrons. The number of benzene rings is 2. The van der Waals surface area contributed by atoms with Crippen LogP contribution in [0.5, 0.6) is 0 Å². The summed E-state index contributed by atoms with van der Waals surface area (Å²) in [7, 11) is 3.21. The van der Waals surface area contributed by atoms with E-state index in [4.69, 9.17) is 17.3 Å². The number of carbonyl (C=O) groups excluding carboxylic acids is 2. The third-order valence-electron chi connectivity index (χ3n) is 6.69. The molecule has 0 saturated carbocycles. The third kappa shape index (κ3) is 14.9. The molecule has 2 amide bonds. The first-order valence-electron chi connectivity index (χ1n) is 15.9. The Morgan fingerprint density at radius 2 is 1.10 bits per heavy atom. The lowest BCUT2D eigenvalue weighted by atomic mass is 9.97. The van der Waals surface area contributed by atoms with Crippen LogP contribution in [0.3, 0.4) is 0 Å². The van der Waals surface area contributed by atoms with Gasteiger partial charge >= 0.3 is 0 Å². The monoisotopic (exact) mass is 690 g/mol. The molecule has 0 unspecified atom stereocenters. The highest BCUT2D eigenvalue weighted by atomic mass is 35.5. The van der Waals surface area contributed by atoms with Crippen LogP contribution in [0.2, 0.25) is 5.15 Å². The quantitative estimate of drug-likeness (QED) is 0.107. The summed E-state index contributed by atoms with van der Waals surface area (Å²) < 4.78 is 0. The fourth-order valence-electron chi connectivity index (χ4n) is 3.64. The van der Waals surface area contributed by atoms with E-state index in [1.54, 1.807) is 38.4 Å². The second kappa shape index (κ2) is 18.7. The fraction of sp³-hybridized carbons (Fsp3) is 0.389. The van der Waals surface area contributed by atoms with Crippen LogP contribution in [-0.2, 0) is 0 Å². The third-order valence-corrected chi connectivity index (χ3v) is 6.90. The second-order valence-electron chi connectivity index (χ2n) is 13.7. The number of aromatic nitrogens is 4. The van der Waals surface area contributed by atoms with Gasteiger partial charge in [-0.15, -0.1) is 0 Å². The number of carbonyl (C=O) groups is 2. The van der Waals surface area contributed by atoms with E-state index in [1.165, 1.54) is 12.7 Å². The molecule has 2 aromatic heterocycles. The van der Waals surface area contributed by atoms with Crippen LogP contribution < -0.4 is 32.3 Å². The minimum absolute atomic E-state index is 0.117. The minimum Gasteiger partial charge on any atom is -0.369 e. The first kappa shape index (κ1) is 40.4. The molecule has 4 aromatic rings. The van der Waals surface area contributed by atoms with Gasteiger partial charge in [0.2, 0.25) is 0 Å². The standard InChI is InChI=1S/C18H25N5O.C13H13ClN4O.C5H13N/c1-12-6-7-13(17(24)19-5)8-14(12)23-16-9-15(21-11-22-16)20-10-18(2,3)4;1-8-3-4-9(13(19)15-2)5-10(8)18-12-6-11(14)16-7-17-12;1-5(2,3)4-6/h6-9,11H,10H2,1-5H3,(H,19,24)(H2,20,21,22,23);3-7H,1-2H3,(H,15,19)(H,16,17,18);4,6H2,1-3H3. The van der Waals surface area contributed by atoms with Gasteiger partial charge in [0, 0.05) is 55.3 Å². The maximum Gasteiger partial charge on any atom is 0.251 e. The molecule has 0 saturated heterocycles. The van der Waals surface area contributed by atoms with Gasteiger partial charge in [-0.2, -0.15) is 0 Å². The largest absolute Gasteiger partial charge is 0.369 e. The smallest absolute Gasteiger partial charge is 0.251 e. The average Bonchev–Trinajstić information content (AvgIpc) is 3.05. The van der Waals surface area contributed by atoms with Crippen LogP contribution >= 0.6 is 11.6 Å². The highest BCUT2D eigenvalue weighted by Gasteiger charge is 2.12. The van der Waals surface area contributed by atoms with Crippen molar-refractivity contribution < 1.29 is 9.59 Å². The summed E-state index contributed by atoms with van der Waals surface area (Å²) in [6.07, 6.45) is 2.90. The number of hydrogen-bond donors (Lipinski definition) is 6. The van der Waals surface area contributed by atoms with Crippen LogP contribution in [-0.4, -0.2) is 58.9 Å². The summed E-state index contributed by atoms with van der Waals surface area (Å²) in [5.74, 6) is 1.77. The van der Waals surface area contributed by atoms with Crippen molar-refractivity contribution in [1.82, 2.24) is 30.6 Å². The zero-order valence-corrected chi connectivity index (χ0v) is 31.0. The zero-order chi connectivity index (χ0) is 36.8. The van der Waals surface area contributed by atoms with Crippen molar-refractivity contribution in [3.63, 3.8) is 0 Å². The van der Waals surface area contributed by atoms with Gasteiger partial charge in [0.25, 0.3) is 11.8 Å². The van der Waals surface area contributed by atoms with E-state index in [1.807, 2.05) is 38.1 Å². The van der Waals surface area contributed by atoms with Gasteiger partial charge in [-0.1, -0.05) is 65.3 Å². The Morgan fingerprint density at radius 1 is 0.673 bits per heavy atom. The van der Waals surface area contributed by atoms with E-state index in [0.717, 1.165) is 41.4 Å². The van der Waals surface area contributed by atoms with E-state index in [-0.39, 0.29) is 17.2 Å². The molecule has 0 aliphatic heterocycles. The van der Waals surface area contributed by atoms with Crippen molar-refractivity contribution in [3.8, 4) is 0 Å². The molecule has 0 bridgehead atoms. The van der Waals surface area contributed by atoms with E-state index in [9.17, 15) is 9.59 Å². The Morgan fingerprint density at radius 3 is 1.51 bits per heavy atom. The molecule has 0 aliphatic carbocycles. The molecule has 0 spiro atoms. The molecule has 7 N–H and O–H groups in total. The van der Waals surface area contributed by atoms with E-state index in [0.29, 0.717) is 33.3 Å². The second-order valence-corrected chi connectivity index (χ2v) is 14.0. The molecule has 0 radical (unpaired) electrons. The summed E-state index contributed by atoms with van der Waals surface area (Å²) >= 11 is 5.80. The first-order valence-corrected chi connectivity index (χ1v) is 16.3. The van der Waals surface area contributed by atoms with Crippen LogP contribution in [0.25, 0.3) is 0 Å². The maximum absolute atomic E-state index is 11.8. The number of hydrogen-bond acceptors (Lipinski definition) is 10. The van der Waals surface area contributed by atoms with Crippen molar-refractivity contribution in [3.05, 3.63) is 88.6 Å². The van der Waals surface area contributed by atoms with Crippen LogP contribution in [0.15, 0.2) is 61.2 Å². The zero-order valence-electron chi connectivity index (χ0n) is 30.2. The predicted molar refractivity (Wildman–Crippen MR) is 201 cm³/mol. The molecule has 0 fully saturated rings. The lowest BCUT2D eigenvalue weighted by molar-refractivity contribution is 0.0955. The Hall–Kier alpha value is -4.81. The van der Waals surface area contributed by atoms with Gasteiger partial charge in [-0.3, -0.25) is 9.59 Å². The lowest BCUT2D eigenvalue weighted by Crippen LogP contribution is -2.19. The summed E-state index contributed by atoms with van der Waals surface area (Å²) in [5.41, 5.74) is 10.7. The van der Waals surface area contributed by atoms with Gasteiger partial charge in [0.15, 0.2) is 0 Å². The number of halogens is 1. The molecule has 13 heteroatoms. The number of rotatable bonds is 8. The van der Waals surface area contributed by atoms with E-state index >= 15 is 0 Å². The molecule has 12 nitrogen and oxygen atoms in total. The highest BCUT2D eigenvalue weighted by molar-refractivity contribution is 6.29. The summed E-state index contributed by atoms with van der Waals surface area (Å²) in [6, 6.07) is 14.4.